The molecule has 0 unspecified atom stereocenters. The lowest BCUT2D eigenvalue weighted by Gasteiger charge is -2.22. The molecule has 2 heterocycles. The van der Waals surface area contributed by atoms with E-state index in [9.17, 15) is 9.59 Å². The number of hydrogen-bond donors (Lipinski definition) is 0. The van der Waals surface area contributed by atoms with Gasteiger partial charge in [-0.25, -0.2) is 9.48 Å². The van der Waals surface area contributed by atoms with Crippen LogP contribution in [0.15, 0.2) is 121 Å². The Morgan fingerprint density at radius 1 is 0.829 bits per heavy atom. The summed E-state index contributed by atoms with van der Waals surface area (Å²) < 4.78 is 7.15. The minimum absolute atomic E-state index is 0.0220. The van der Waals surface area contributed by atoms with Crippen molar-refractivity contribution in [3.8, 4) is 28.1 Å². The van der Waals surface area contributed by atoms with Crippen LogP contribution in [0.1, 0.15) is 18.1 Å². The molecule has 6 heteroatoms. The minimum atomic E-state index is -0.587. The van der Waals surface area contributed by atoms with Gasteiger partial charge in [-0.05, 0) is 54.3 Å². The van der Waals surface area contributed by atoms with Crippen LogP contribution in [-0.4, -0.2) is 34.3 Å². The summed E-state index contributed by atoms with van der Waals surface area (Å²) in [6, 6.07) is 36.0. The number of nitrogens with zero attached hydrogens (tertiary/aromatic N) is 3. The van der Waals surface area contributed by atoms with Gasteiger partial charge in [-0.1, -0.05) is 91.0 Å². The monoisotopic (exact) mass is 539 g/mol. The van der Waals surface area contributed by atoms with Crippen molar-refractivity contribution in [2.75, 3.05) is 11.5 Å². The Morgan fingerprint density at radius 2 is 1.46 bits per heavy atom. The third-order valence-corrected chi connectivity index (χ3v) is 7.24. The molecule has 1 atom stereocenters. The standard InChI is InChI=1S/C35H29N3O3/c1-25-22-29-12-8-9-15-32(29)38(25)33(39)24-41-34(40)21-20-30-23-37(31-13-6-3-7-14-31)36-35(30)28-18-16-27(17-19-28)26-10-4-2-5-11-26/h2-21,23,25H,22,24H2,1H3/b21-20+/t25-/m0/s1. The zero-order chi connectivity index (χ0) is 28.2. The van der Waals surface area contributed by atoms with E-state index >= 15 is 0 Å². The SMILES string of the molecule is C[C@H]1Cc2ccccc2N1C(=O)COC(=O)/C=C/c1cn(-c2ccccc2)nc1-c1ccc(-c2ccccc2)cc1. The molecule has 5 aromatic rings. The minimum Gasteiger partial charge on any atom is -0.452 e. The first-order chi connectivity index (χ1) is 20.1. The maximum atomic E-state index is 12.9. The third-order valence-electron chi connectivity index (χ3n) is 7.24. The van der Waals surface area contributed by atoms with Crippen LogP contribution < -0.4 is 4.90 Å². The van der Waals surface area contributed by atoms with Crippen molar-refractivity contribution < 1.29 is 14.3 Å². The number of ether oxygens (including phenoxy) is 1. The number of hydrogen-bond acceptors (Lipinski definition) is 4. The zero-order valence-corrected chi connectivity index (χ0v) is 22.7. The van der Waals surface area contributed by atoms with Gasteiger partial charge in [0.1, 0.15) is 0 Å². The summed E-state index contributed by atoms with van der Waals surface area (Å²) in [5.41, 5.74) is 7.57. The van der Waals surface area contributed by atoms with Crippen LogP contribution in [0.5, 0.6) is 0 Å². The number of anilines is 1. The van der Waals surface area contributed by atoms with Crippen molar-refractivity contribution in [3.05, 3.63) is 133 Å². The number of carbonyl (C=O) groups excluding carboxylic acids is 2. The van der Waals surface area contributed by atoms with Gasteiger partial charge in [-0.2, -0.15) is 5.10 Å². The smallest absolute Gasteiger partial charge is 0.331 e. The van der Waals surface area contributed by atoms with Crippen LogP contribution in [-0.2, 0) is 20.7 Å². The van der Waals surface area contributed by atoms with E-state index in [-0.39, 0.29) is 18.6 Å². The van der Waals surface area contributed by atoms with Gasteiger partial charge in [0.2, 0.25) is 0 Å². The summed E-state index contributed by atoms with van der Waals surface area (Å²) in [6.45, 7) is 1.68. The lowest BCUT2D eigenvalue weighted by atomic mass is 10.0. The molecule has 0 N–H and O–H groups in total. The maximum Gasteiger partial charge on any atom is 0.331 e. The van der Waals surface area contributed by atoms with Crippen molar-refractivity contribution in [2.24, 2.45) is 0 Å². The highest BCUT2D eigenvalue weighted by atomic mass is 16.5. The molecule has 0 fully saturated rings. The van der Waals surface area contributed by atoms with Gasteiger partial charge >= 0.3 is 5.97 Å². The predicted molar refractivity (Wildman–Crippen MR) is 162 cm³/mol. The molecule has 1 aromatic heterocycles. The Balaban J connectivity index is 1.21. The fourth-order valence-electron chi connectivity index (χ4n) is 5.25. The largest absolute Gasteiger partial charge is 0.452 e. The summed E-state index contributed by atoms with van der Waals surface area (Å²) in [5.74, 6) is -0.823. The number of para-hydroxylation sites is 2. The molecule has 6 rings (SSSR count). The normalized spacial score (nSPS) is 14.3. The molecule has 0 saturated heterocycles. The van der Waals surface area contributed by atoms with Gasteiger partial charge in [0, 0.05) is 35.1 Å². The molecule has 0 saturated carbocycles. The first-order valence-electron chi connectivity index (χ1n) is 13.6. The lowest BCUT2D eigenvalue weighted by Crippen LogP contribution is -2.38. The molecular formula is C35H29N3O3. The summed E-state index contributed by atoms with van der Waals surface area (Å²) in [6.07, 6.45) is 5.71. The molecule has 0 bridgehead atoms. The zero-order valence-electron chi connectivity index (χ0n) is 22.7. The van der Waals surface area contributed by atoms with E-state index < -0.39 is 5.97 Å². The van der Waals surface area contributed by atoms with Gasteiger partial charge in [0.15, 0.2) is 6.61 Å². The summed E-state index contributed by atoms with van der Waals surface area (Å²) in [4.78, 5) is 27.3. The Kier molecular flexibility index (Phi) is 7.28. The molecule has 41 heavy (non-hydrogen) atoms. The highest BCUT2D eigenvalue weighted by molar-refractivity contribution is 5.98. The van der Waals surface area contributed by atoms with E-state index in [2.05, 4.69) is 24.3 Å². The topological polar surface area (TPSA) is 64.4 Å². The van der Waals surface area contributed by atoms with Crippen LogP contribution >= 0.6 is 0 Å². The lowest BCUT2D eigenvalue weighted by molar-refractivity contribution is -0.143. The summed E-state index contributed by atoms with van der Waals surface area (Å²) >= 11 is 0. The first-order valence-corrected chi connectivity index (χ1v) is 13.6. The van der Waals surface area contributed by atoms with E-state index in [0.717, 1.165) is 51.3 Å². The number of esters is 1. The number of aromatic nitrogens is 2. The van der Waals surface area contributed by atoms with E-state index in [1.807, 2.05) is 98.0 Å². The fraction of sp³-hybridized carbons (Fsp3) is 0.114. The second-order valence-corrected chi connectivity index (χ2v) is 10.0. The highest BCUT2D eigenvalue weighted by Gasteiger charge is 2.30. The van der Waals surface area contributed by atoms with E-state index in [1.165, 1.54) is 6.08 Å². The Hall–Kier alpha value is -5.23. The average Bonchev–Trinajstić information content (AvgIpc) is 3.60. The quantitative estimate of drug-likeness (QED) is 0.170. The number of carbonyl (C=O) groups is 2. The summed E-state index contributed by atoms with van der Waals surface area (Å²) in [5, 5.41) is 4.84. The van der Waals surface area contributed by atoms with Crippen molar-refractivity contribution in [3.63, 3.8) is 0 Å². The molecule has 0 aliphatic carbocycles. The Labute approximate surface area is 239 Å². The molecule has 202 valence electrons. The fourth-order valence-corrected chi connectivity index (χ4v) is 5.25. The highest BCUT2D eigenvalue weighted by Crippen LogP contribution is 2.32. The number of benzene rings is 4. The molecule has 1 aliphatic heterocycles. The van der Waals surface area contributed by atoms with Gasteiger partial charge < -0.3 is 9.64 Å². The number of fused-ring (bicyclic) bond motifs is 1. The van der Waals surface area contributed by atoms with Crippen LogP contribution in [0.4, 0.5) is 5.69 Å². The Morgan fingerprint density at radius 3 is 2.22 bits per heavy atom. The predicted octanol–water partition coefficient (Wildman–Crippen LogP) is 6.74. The molecule has 1 aliphatic rings. The molecule has 1 amide bonds. The van der Waals surface area contributed by atoms with Crippen molar-refractivity contribution >= 4 is 23.6 Å². The van der Waals surface area contributed by atoms with E-state index in [4.69, 9.17) is 9.84 Å². The van der Waals surface area contributed by atoms with Crippen molar-refractivity contribution in [1.29, 1.82) is 0 Å². The van der Waals surface area contributed by atoms with Crippen LogP contribution in [0.2, 0.25) is 0 Å². The van der Waals surface area contributed by atoms with Crippen LogP contribution in [0.25, 0.3) is 34.1 Å². The molecule has 4 aromatic carbocycles. The van der Waals surface area contributed by atoms with Crippen molar-refractivity contribution in [1.82, 2.24) is 9.78 Å². The van der Waals surface area contributed by atoms with Gasteiger partial charge in [-0.3, -0.25) is 4.79 Å². The van der Waals surface area contributed by atoms with E-state index in [1.54, 1.807) is 15.7 Å². The second-order valence-electron chi connectivity index (χ2n) is 10.0. The molecule has 0 radical (unpaired) electrons. The van der Waals surface area contributed by atoms with E-state index in [0.29, 0.717) is 0 Å². The number of amides is 1. The number of rotatable bonds is 7. The van der Waals surface area contributed by atoms with Gasteiger partial charge in [-0.15, -0.1) is 0 Å². The third kappa shape index (κ3) is 5.58. The first kappa shape index (κ1) is 26.0. The molecule has 0 spiro atoms. The van der Waals surface area contributed by atoms with Gasteiger partial charge in [0.25, 0.3) is 5.91 Å². The maximum absolute atomic E-state index is 12.9. The Bertz CT molecular complexity index is 1710. The van der Waals surface area contributed by atoms with Gasteiger partial charge in [0.05, 0.1) is 11.4 Å². The summed E-state index contributed by atoms with van der Waals surface area (Å²) in [7, 11) is 0. The van der Waals surface area contributed by atoms with Crippen LogP contribution in [0.3, 0.4) is 0 Å². The van der Waals surface area contributed by atoms with Crippen molar-refractivity contribution in [2.45, 2.75) is 19.4 Å². The molecular weight excluding hydrogens is 510 g/mol. The average molecular weight is 540 g/mol. The molecule has 6 nitrogen and oxygen atoms in total. The second kappa shape index (κ2) is 11.5. The van der Waals surface area contributed by atoms with Crippen LogP contribution in [0, 0.1) is 0 Å².